The summed E-state index contributed by atoms with van der Waals surface area (Å²) in [6.07, 6.45) is 0.924. The molecule has 0 saturated heterocycles. The Morgan fingerprint density at radius 1 is 1.10 bits per heavy atom. The summed E-state index contributed by atoms with van der Waals surface area (Å²) in [4.78, 5) is 11.4. The van der Waals surface area contributed by atoms with Crippen LogP contribution in [0.4, 0.5) is 5.69 Å². The summed E-state index contributed by atoms with van der Waals surface area (Å²) in [6.45, 7) is 1.65. The van der Waals surface area contributed by atoms with Crippen LogP contribution < -0.4 is 4.72 Å². The van der Waals surface area contributed by atoms with Gasteiger partial charge in [-0.3, -0.25) is 4.72 Å². The van der Waals surface area contributed by atoms with Gasteiger partial charge in [0.25, 0.3) is 10.0 Å². The fourth-order valence-electron chi connectivity index (χ4n) is 2.78. The summed E-state index contributed by atoms with van der Waals surface area (Å²) in [7, 11) is -6.77. The van der Waals surface area contributed by atoms with Crippen molar-refractivity contribution in [2.24, 2.45) is 0 Å². The van der Waals surface area contributed by atoms with Crippen LogP contribution in [0, 0.1) is 6.92 Å². The lowest BCUT2D eigenvalue weighted by Gasteiger charge is -2.12. The first-order valence-corrected chi connectivity index (χ1v) is 12.6. The predicted molar refractivity (Wildman–Crippen MR) is 113 cm³/mol. The Kier molecular flexibility index (Phi) is 5.65. The van der Waals surface area contributed by atoms with E-state index in [1.165, 1.54) is 12.1 Å². The lowest BCUT2D eigenvalue weighted by atomic mass is 10.2. The second-order valence-electron chi connectivity index (χ2n) is 6.24. The Hall–Kier alpha value is -2.14. The predicted octanol–water partition coefficient (Wildman–Crippen LogP) is 3.85. The number of aryl methyl sites for hydroxylation is 1. The van der Waals surface area contributed by atoms with Crippen molar-refractivity contribution in [3.63, 3.8) is 0 Å². The van der Waals surface area contributed by atoms with Crippen LogP contribution in [-0.2, 0) is 24.6 Å². The lowest BCUT2D eigenvalue weighted by Crippen LogP contribution is -2.16. The third-order valence-electron chi connectivity index (χ3n) is 4.15. The number of methoxy groups -OCH3 is 1. The zero-order valence-corrected chi connectivity index (χ0v) is 18.7. The normalized spacial score (nSPS) is 12.1. The van der Waals surface area contributed by atoms with Gasteiger partial charge in [0.2, 0.25) is 0 Å². The molecule has 3 aromatic rings. The number of esters is 1. The van der Waals surface area contributed by atoms with E-state index in [1.54, 1.807) is 25.1 Å². The molecule has 0 bridgehead atoms. The molecule has 1 N–H and O–H groups in total. The van der Waals surface area contributed by atoms with Crippen LogP contribution in [0.15, 0.2) is 45.5 Å². The summed E-state index contributed by atoms with van der Waals surface area (Å²) in [5.74, 6) is -0.735. The number of sulfonamides is 1. The maximum Gasteiger partial charge on any atom is 0.337 e. The Morgan fingerprint density at radius 2 is 1.79 bits per heavy atom. The molecule has 0 unspecified atom stereocenters. The number of thiophene rings is 1. The zero-order valence-electron chi connectivity index (χ0n) is 15.5. The van der Waals surface area contributed by atoms with Gasteiger partial charge in [0.05, 0.1) is 23.3 Å². The summed E-state index contributed by atoms with van der Waals surface area (Å²) in [5.41, 5.74) is 0.339. The van der Waals surface area contributed by atoms with Gasteiger partial charge in [0.1, 0.15) is 4.21 Å². The fourth-order valence-corrected chi connectivity index (χ4v) is 6.70. The van der Waals surface area contributed by atoms with E-state index in [4.69, 9.17) is 11.6 Å². The minimum Gasteiger partial charge on any atom is -0.465 e. The third-order valence-corrected chi connectivity index (χ3v) is 8.78. The quantitative estimate of drug-likeness (QED) is 0.564. The highest BCUT2D eigenvalue weighted by molar-refractivity contribution is 7.95. The van der Waals surface area contributed by atoms with Gasteiger partial charge in [0.15, 0.2) is 9.84 Å². The van der Waals surface area contributed by atoms with Gasteiger partial charge in [-0.15, -0.1) is 11.3 Å². The number of nitrogens with one attached hydrogen (secondary N) is 1. The van der Waals surface area contributed by atoms with Crippen molar-refractivity contribution in [3.8, 4) is 0 Å². The van der Waals surface area contributed by atoms with Gasteiger partial charge in [-0.2, -0.15) is 0 Å². The molecule has 1 heterocycles. The first kappa shape index (κ1) is 21.6. The van der Waals surface area contributed by atoms with Crippen LogP contribution in [0.1, 0.15) is 15.9 Å². The fraction of sp³-hybridized carbons (Fsp3) is 0.167. The Balaban J connectivity index is 2.12. The van der Waals surface area contributed by atoms with E-state index in [2.05, 4.69) is 9.46 Å². The van der Waals surface area contributed by atoms with Crippen molar-refractivity contribution in [1.82, 2.24) is 0 Å². The van der Waals surface area contributed by atoms with E-state index < -0.39 is 25.8 Å². The molecule has 0 aliphatic carbocycles. The maximum absolute atomic E-state index is 13.0. The molecule has 1 aromatic heterocycles. The Labute approximate surface area is 177 Å². The molecule has 0 aliphatic rings. The molecule has 0 spiro atoms. The van der Waals surface area contributed by atoms with Gasteiger partial charge in [-0.1, -0.05) is 11.6 Å². The average molecular weight is 474 g/mol. The van der Waals surface area contributed by atoms with Crippen molar-refractivity contribution in [2.45, 2.75) is 16.0 Å². The Bertz CT molecular complexity index is 1340. The number of hydrogen-bond acceptors (Lipinski definition) is 7. The molecule has 0 fully saturated rings. The average Bonchev–Trinajstić information content (AvgIpc) is 2.97. The Morgan fingerprint density at radius 3 is 2.41 bits per heavy atom. The van der Waals surface area contributed by atoms with E-state index in [9.17, 15) is 21.6 Å². The van der Waals surface area contributed by atoms with Gasteiger partial charge >= 0.3 is 5.97 Å². The molecule has 0 radical (unpaired) electrons. The summed E-state index contributed by atoms with van der Waals surface area (Å²) in [6, 6.07) is 8.65. The van der Waals surface area contributed by atoms with Crippen LogP contribution in [0.2, 0.25) is 5.02 Å². The largest absolute Gasteiger partial charge is 0.465 e. The molecule has 0 atom stereocenters. The van der Waals surface area contributed by atoms with Crippen LogP contribution in [0.3, 0.4) is 0 Å². The number of rotatable bonds is 5. The van der Waals surface area contributed by atoms with Gasteiger partial charge in [-0.25, -0.2) is 21.6 Å². The van der Waals surface area contributed by atoms with Gasteiger partial charge in [-0.05, 0) is 54.3 Å². The number of carbonyl (C=O) groups is 1. The third kappa shape index (κ3) is 4.25. The first-order valence-electron chi connectivity index (χ1n) is 8.08. The molecule has 2 aromatic carbocycles. The van der Waals surface area contributed by atoms with Crippen molar-refractivity contribution in [3.05, 3.63) is 52.5 Å². The summed E-state index contributed by atoms with van der Waals surface area (Å²) >= 11 is 7.05. The number of benzene rings is 2. The van der Waals surface area contributed by atoms with E-state index in [-0.39, 0.29) is 20.4 Å². The summed E-state index contributed by atoms with van der Waals surface area (Å²) < 4.78 is 58.1. The number of ether oxygens (including phenoxy) is 1. The maximum atomic E-state index is 13.0. The topological polar surface area (TPSA) is 107 Å². The highest BCUT2D eigenvalue weighted by Crippen LogP contribution is 2.37. The monoisotopic (exact) mass is 473 g/mol. The molecule has 0 amide bonds. The molecule has 154 valence electrons. The van der Waals surface area contributed by atoms with E-state index >= 15 is 0 Å². The minimum atomic E-state index is -4.10. The van der Waals surface area contributed by atoms with Crippen LogP contribution in [-0.4, -0.2) is 36.2 Å². The van der Waals surface area contributed by atoms with Crippen LogP contribution in [0.5, 0.6) is 0 Å². The smallest absolute Gasteiger partial charge is 0.337 e. The van der Waals surface area contributed by atoms with Gasteiger partial charge < -0.3 is 4.74 Å². The number of fused-ring (bicyclic) bond motifs is 1. The number of anilines is 1. The SMILES string of the molecule is COC(=O)c1ccc(NS(=O)(=O)c2sc3ccc(Cl)cc3c2C)c(S(C)(=O)=O)c1. The van der Waals surface area contributed by atoms with Crippen LogP contribution >= 0.6 is 22.9 Å². The number of carbonyl (C=O) groups excluding carboxylic acids is 1. The molecule has 0 aliphatic heterocycles. The summed E-state index contributed by atoms with van der Waals surface area (Å²) in [5, 5.41) is 1.18. The molecule has 0 saturated carbocycles. The van der Waals surface area contributed by atoms with Crippen molar-refractivity contribution in [1.29, 1.82) is 0 Å². The highest BCUT2D eigenvalue weighted by atomic mass is 35.5. The van der Waals surface area contributed by atoms with E-state index in [1.807, 2.05) is 0 Å². The molecule has 29 heavy (non-hydrogen) atoms. The van der Waals surface area contributed by atoms with E-state index in [0.29, 0.717) is 16.0 Å². The number of sulfone groups is 1. The molecule has 3 rings (SSSR count). The minimum absolute atomic E-state index is 0.0106. The van der Waals surface area contributed by atoms with Crippen LogP contribution in [0.25, 0.3) is 10.1 Å². The number of hydrogen-bond donors (Lipinski definition) is 1. The van der Waals surface area contributed by atoms with Crippen molar-refractivity contribution >= 4 is 64.5 Å². The molecule has 7 nitrogen and oxygen atoms in total. The first-order chi connectivity index (χ1) is 13.4. The number of halogens is 1. The van der Waals surface area contributed by atoms with Gasteiger partial charge in [0, 0.05) is 16.0 Å². The van der Waals surface area contributed by atoms with E-state index in [0.717, 1.165) is 35.5 Å². The molecular weight excluding hydrogens is 458 g/mol. The van der Waals surface area contributed by atoms with Crippen molar-refractivity contribution in [2.75, 3.05) is 18.1 Å². The van der Waals surface area contributed by atoms with Crippen molar-refractivity contribution < 1.29 is 26.4 Å². The molecular formula is C18H16ClNO6S3. The molecule has 11 heteroatoms. The second-order valence-corrected chi connectivity index (χ2v) is 11.6. The highest BCUT2D eigenvalue weighted by Gasteiger charge is 2.25. The standard InChI is InChI=1S/C18H16ClNO6S3/c1-10-13-9-12(19)5-7-15(13)27-18(10)29(24,25)20-14-6-4-11(17(21)26-2)8-16(14)28(3,22)23/h4-9,20H,1-3H3. The second kappa shape index (κ2) is 7.60. The lowest BCUT2D eigenvalue weighted by molar-refractivity contribution is 0.0600. The zero-order chi connectivity index (χ0) is 21.6.